The minimum absolute atomic E-state index is 0.697. The van der Waals surface area contributed by atoms with Gasteiger partial charge in [0.1, 0.15) is 0 Å². The molecule has 0 spiro atoms. The van der Waals surface area contributed by atoms with Gasteiger partial charge in [0.05, 0.1) is 11.0 Å². The SMILES string of the molecule is N/C(=C\C(=C/Cc1ccccc1)Nc1ccccc1-c1cccc(-c2ccc3c(c2)c2ccccc2n3C(/C=C(\N)c2ccccc2)=C/Cc2ccccc2)c1)c1ccccc1. The van der Waals surface area contributed by atoms with E-state index in [4.69, 9.17) is 11.5 Å². The molecule has 300 valence electrons. The van der Waals surface area contributed by atoms with Crippen molar-refractivity contribution in [2.45, 2.75) is 12.8 Å². The lowest BCUT2D eigenvalue weighted by molar-refractivity contribution is 1.19. The smallest absolute Gasteiger partial charge is 0.0541 e. The Kier molecular flexibility index (Phi) is 11.7. The normalized spacial score (nSPS) is 12.5. The van der Waals surface area contributed by atoms with E-state index in [1.54, 1.807) is 0 Å². The molecule has 0 radical (unpaired) electrons. The molecular formula is C58H48N4. The number of para-hydroxylation sites is 2. The molecule has 0 aliphatic rings. The van der Waals surface area contributed by atoms with Crippen LogP contribution < -0.4 is 16.8 Å². The minimum atomic E-state index is 0.697. The Balaban J connectivity index is 1.09. The Hall–Kier alpha value is -8.08. The number of aromatic nitrogens is 1. The van der Waals surface area contributed by atoms with Gasteiger partial charge in [0.15, 0.2) is 0 Å². The van der Waals surface area contributed by atoms with Crippen LogP contribution in [0.25, 0.3) is 61.2 Å². The van der Waals surface area contributed by atoms with Gasteiger partial charge in [-0.05, 0) is 94.3 Å². The van der Waals surface area contributed by atoms with Gasteiger partial charge in [-0.15, -0.1) is 0 Å². The summed E-state index contributed by atoms with van der Waals surface area (Å²) in [6.07, 6.45) is 10.2. The first-order valence-electron chi connectivity index (χ1n) is 21.1. The molecule has 8 aromatic carbocycles. The van der Waals surface area contributed by atoms with Crippen molar-refractivity contribution in [1.29, 1.82) is 0 Å². The van der Waals surface area contributed by atoms with Crippen LogP contribution in [-0.4, -0.2) is 4.57 Å². The maximum atomic E-state index is 6.83. The average Bonchev–Trinajstić information content (AvgIpc) is 3.67. The molecule has 0 atom stereocenters. The maximum absolute atomic E-state index is 6.83. The van der Waals surface area contributed by atoms with Gasteiger partial charge in [-0.3, -0.25) is 0 Å². The summed E-state index contributed by atoms with van der Waals surface area (Å²) in [4.78, 5) is 0. The highest BCUT2D eigenvalue weighted by atomic mass is 15.0. The Labute approximate surface area is 364 Å². The predicted octanol–water partition coefficient (Wildman–Crippen LogP) is 13.8. The third kappa shape index (κ3) is 8.91. The monoisotopic (exact) mass is 800 g/mol. The number of nitrogens with two attached hydrogens (primary N) is 2. The van der Waals surface area contributed by atoms with Crippen LogP contribution in [0.2, 0.25) is 0 Å². The van der Waals surface area contributed by atoms with Crippen molar-refractivity contribution in [2.75, 3.05) is 5.32 Å². The van der Waals surface area contributed by atoms with Crippen LogP contribution in [-0.2, 0) is 12.8 Å². The molecule has 0 amide bonds. The van der Waals surface area contributed by atoms with Crippen molar-refractivity contribution in [3.05, 3.63) is 265 Å². The zero-order valence-corrected chi connectivity index (χ0v) is 34.5. The topological polar surface area (TPSA) is 69.0 Å². The number of nitrogens with one attached hydrogen (secondary N) is 1. The van der Waals surface area contributed by atoms with Gasteiger partial charge < -0.3 is 21.4 Å². The number of benzene rings is 8. The molecule has 4 nitrogen and oxygen atoms in total. The van der Waals surface area contributed by atoms with E-state index >= 15 is 0 Å². The van der Waals surface area contributed by atoms with Gasteiger partial charge in [0, 0.05) is 44.8 Å². The van der Waals surface area contributed by atoms with E-state index in [0.717, 1.165) is 74.3 Å². The second kappa shape index (κ2) is 18.5. The third-order valence-electron chi connectivity index (χ3n) is 11.3. The maximum Gasteiger partial charge on any atom is 0.0541 e. The molecule has 62 heavy (non-hydrogen) atoms. The number of fused-ring (bicyclic) bond motifs is 3. The number of hydrogen-bond donors (Lipinski definition) is 3. The zero-order valence-electron chi connectivity index (χ0n) is 34.5. The highest BCUT2D eigenvalue weighted by Crippen LogP contribution is 2.37. The van der Waals surface area contributed by atoms with Gasteiger partial charge >= 0.3 is 0 Å². The van der Waals surface area contributed by atoms with Crippen molar-refractivity contribution < 1.29 is 0 Å². The number of nitrogens with zero attached hydrogens (tertiary/aromatic N) is 1. The molecule has 1 aromatic heterocycles. The first-order chi connectivity index (χ1) is 30.6. The summed E-state index contributed by atoms with van der Waals surface area (Å²) in [6.45, 7) is 0. The molecule has 9 aromatic rings. The lowest BCUT2D eigenvalue weighted by Gasteiger charge is -2.15. The molecule has 0 fully saturated rings. The highest BCUT2D eigenvalue weighted by molar-refractivity contribution is 6.12. The van der Waals surface area contributed by atoms with Gasteiger partial charge in [-0.1, -0.05) is 194 Å². The standard InChI is InChI=1S/C58H48N4/c59-54(44-22-9-3-10-23-44)40-49(35-32-42-18-5-1-6-19-42)61-56-30-15-13-28-51(56)48-27-17-26-46(38-48)47-34-37-58-53(39-47)52-29-14-16-31-57(52)62(58)50(36-33-43-20-7-2-8-21-43)41-55(60)45-24-11-4-12-25-45/h1-31,34-41,61H,32-33,59-60H2/b49-35+,50-36+,54-40-,55-41-. The third-order valence-corrected chi connectivity index (χ3v) is 11.3. The molecule has 0 aliphatic carbocycles. The molecule has 0 bridgehead atoms. The fourth-order valence-corrected chi connectivity index (χ4v) is 8.09. The van der Waals surface area contributed by atoms with E-state index in [0.29, 0.717) is 11.4 Å². The van der Waals surface area contributed by atoms with Crippen LogP contribution in [0.1, 0.15) is 22.3 Å². The van der Waals surface area contributed by atoms with Crippen LogP contribution in [0.4, 0.5) is 5.69 Å². The van der Waals surface area contributed by atoms with Crippen molar-refractivity contribution in [3.63, 3.8) is 0 Å². The fourth-order valence-electron chi connectivity index (χ4n) is 8.09. The summed E-state index contributed by atoms with van der Waals surface area (Å²) in [7, 11) is 0. The van der Waals surface area contributed by atoms with Crippen LogP contribution in [0.5, 0.6) is 0 Å². The lowest BCUT2D eigenvalue weighted by Crippen LogP contribution is -2.04. The Morgan fingerprint density at radius 1 is 0.435 bits per heavy atom. The van der Waals surface area contributed by atoms with E-state index in [9.17, 15) is 0 Å². The first kappa shape index (κ1) is 39.4. The van der Waals surface area contributed by atoms with Gasteiger partial charge in [-0.2, -0.15) is 0 Å². The van der Waals surface area contributed by atoms with E-state index in [1.165, 1.54) is 21.9 Å². The van der Waals surface area contributed by atoms with Crippen molar-refractivity contribution in [1.82, 2.24) is 4.57 Å². The first-order valence-corrected chi connectivity index (χ1v) is 21.1. The largest absolute Gasteiger partial charge is 0.398 e. The quantitative estimate of drug-likeness (QED) is 0.102. The number of anilines is 1. The Bertz CT molecular complexity index is 3080. The van der Waals surface area contributed by atoms with Crippen LogP contribution in [0.3, 0.4) is 0 Å². The van der Waals surface area contributed by atoms with Gasteiger partial charge in [-0.25, -0.2) is 0 Å². The van der Waals surface area contributed by atoms with E-state index in [-0.39, 0.29) is 0 Å². The van der Waals surface area contributed by atoms with Gasteiger partial charge in [0.25, 0.3) is 0 Å². The Morgan fingerprint density at radius 3 is 1.66 bits per heavy atom. The summed E-state index contributed by atoms with van der Waals surface area (Å²) >= 11 is 0. The number of rotatable bonds is 13. The highest BCUT2D eigenvalue weighted by Gasteiger charge is 2.16. The molecule has 9 rings (SSSR count). The summed E-state index contributed by atoms with van der Waals surface area (Å²) in [6, 6.07) is 74.1. The molecule has 0 saturated heterocycles. The minimum Gasteiger partial charge on any atom is -0.398 e. The summed E-state index contributed by atoms with van der Waals surface area (Å²) in [5, 5.41) is 6.13. The van der Waals surface area contributed by atoms with Crippen molar-refractivity contribution in [2.24, 2.45) is 11.5 Å². The van der Waals surface area contributed by atoms with Crippen LogP contribution in [0.15, 0.2) is 242 Å². The lowest BCUT2D eigenvalue weighted by atomic mass is 9.97. The number of hydrogen-bond acceptors (Lipinski definition) is 3. The van der Waals surface area contributed by atoms with Crippen molar-refractivity contribution >= 4 is 44.6 Å². The molecular weight excluding hydrogens is 753 g/mol. The summed E-state index contributed by atoms with van der Waals surface area (Å²) < 4.78 is 2.35. The molecule has 1 heterocycles. The molecule has 5 N–H and O–H groups in total. The molecule has 0 aliphatic heterocycles. The van der Waals surface area contributed by atoms with Gasteiger partial charge in [0.2, 0.25) is 0 Å². The fraction of sp³-hybridized carbons (Fsp3) is 0.0345. The molecule has 4 heteroatoms. The summed E-state index contributed by atoms with van der Waals surface area (Å²) in [5.41, 5.74) is 29.1. The van der Waals surface area contributed by atoms with E-state index < -0.39 is 0 Å². The van der Waals surface area contributed by atoms with E-state index in [2.05, 4.69) is 186 Å². The predicted molar refractivity (Wildman–Crippen MR) is 264 cm³/mol. The second-order valence-electron chi connectivity index (χ2n) is 15.4. The van der Waals surface area contributed by atoms with Crippen molar-refractivity contribution in [3.8, 4) is 22.3 Å². The zero-order chi connectivity index (χ0) is 42.1. The Morgan fingerprint density at radius 2 is 0.968 bits per heavy atom. The molecule has 0 unspecified atom stereocenters. The van der Waals surface area contributed by atoms with Crippen LogP contribution in [0, 0.1) is 0 Å². The average molecular weight is 801 g/mol. The van der Waals surface area contributed by atoms with Crippen LogP contribution >= 0.6 is 0 Å². The number of allylic oxidation sites excluding steroid dienone is 5. The second-order valence-corrected chi connectivity index (χ2v) is 15.4. The van der Waals surface area contributed by atoms with E-state index in [1.807, 2.05) is 60.7 Å². The molecule has 0 saturated carbocycles. The summed E-state index contributed by atoms with van der Waals surface area (Å²) in [5.74, 6) is 0.